The van der Waals surface area contributed by atoms with Gasteiger partial charge in [-0.25, -0.2) is 13.1 Å². The first kappa shape index (κ1) is 15.9. The predicted molar refractivity (Wildman–Crippen MR) is 81.7 cm³/mol. The molecular formula is C12H17Cl2N3O2S. The molecule has 20 heavy (non-hydrogen) atoms. The summed E-state index contributed by atoms with van der Waals surface area (Å²) in [6.07, 6.45) is 2.34. The Morgan fingerprint density at radius 2 is 1.75 bits per heavy atom. The summed E-state index contributed by atoms with van der Waals surface area (Å²) in [6.45, 7) is 3.05. The van der Waals surface area contributed by atoms with E-state index in [2.05, 4.69) is 9.62 Å². The van der Waals surface area contributed by atoms with E-state index in [-0.39, 0.29) is 14.9 Å². The molecule has 0 aliphatic carbocycles. The van der Waals surface area contributed by atoms with Crippen LogP contribution in [0.1, 0.15) is 12.8 Å². The number of likely N-dealkylation sites (tertiary alicyclic amines) is 1. The lowest BCUT2D eigenvalue weighted by Crippen LogP contribution is -2.33. The lowest BCUT2D eigenvalue weighted by atomic mass is 10.3. The second kappa shape index (κ2) is 6.49. The highest BCUT2D eigenvalue weighted by atomic mass is 35.5. The fourth-order valence-electron chi connectivity index (χ4n) is 2.25. The zero-order valence-corrected chi connectivity index (χ0v) is 13.2. The molecule has 1 fully saturated rings. The molecule has 0 saturated carbocycles. The predicted octanol–water partition coefficient (Wildman–Crippen LogP) is 1.95. The van der Waals surface area contributed by atoms with Gasteiger partial charge < -0.3 is 10.6 Å². The molecule has 0 radical (unpaired) electrons. The quantitative estimate of drug-likeness (QED) is 0.805. The van der Waals surface area contributed by atoms with Crippen LogP contribution in [0, 0.1) is 0 Å². The molecule has 2 rings (SSSR count). The van der Waals surface area contributed by atoms with Crippen molar-refractivity contribution in [3.05, 3.63) is 22.2 Å². The summed E-state index contributed by atoms with van der Waals surface area (Å²) < 4.78 is 27.0. The first-order chi connectivity index (χ1) is 9.40. The van der Waals surface area contributed by atoms with E-state index >= 15 is 0 Å². The number of nitrogens with two attached hydrogens (primary N) is 1. The molecule has 0 spiro atoms. The highest BCUT2D eigenvalue weighted by Crippen LogP contribution is 2.31. The van der Waals surface area contributed by atoms with E-state index in [1.165, 1.54) is 25.0 Å². The third-order valence-corrected chi connectivity index (χ3v) is 5.59. The van der Waals surface area contributed by atoms with Gasteiger partial charge in [0.2, 0.25) is 10.0 Å². The van der Waals surface area contributed by atoms with E-state index in [0.717, 1.165) is 13.1 Å². The largest absolute Gasteiger partial charge is 0.399 e. The van der Waals surface area contributed by atoms with Crippen LogP contribution in [0.4, 0.5) is 5.69 Å². The number of sulfonamides is 1. The first-order valence-corrected chi connectivity index (χ1v) is 8.60. The van der Waals surface area contributed by atoms with Crippen molar-refractivity contribution in [3.63, 3.8) is 0 Å². The van der Waals surface area contributed by atoms with Crippen LogP contribution >= 0.6 is 23.2 Å². The Kier molecular flexibility index (Phi) is 5.14. The maximum atomic E-state index is 12.2. The highest BCUT2D eigenvalue weighted by molar-refractivity contribution is 7.89. The van der Waals surface area contributed by atoms with Crippen LogP contribution in [0.5, 0.6) is 0 Å². The van der Waals surface area contributed by atoms with Gasteiger partial charge in [-0.2, -0.15) is 0 Å². The average molecular weight is 338 g/mol. The molecule has 0 aromatic heterocycles. The van der Waals surface area contributed by atoms with Crippen molar-refractivity contribution in [2.24, 2.45) is 0 Å². The van der Waals surface area contributed by atoms with Crippen LogP contribution in [0.15, 0.2) is 17.0 Å². The molecule has 0 unspecified atom stereocenters. The second-order valence-corrected chi connectivity index (χ2v) is 7.28. The van der Waals surface area contributed by atoms with Crippen molar-refractivity contribution >= 4 is 38.9 Å². The molecule has 1 aliphatic heterocycles. The van der Waals surface area contributed by atoms with Crippen molar-refractivity contribution in [1.29, 1.82) is 0 Å². The second-order valence-electron chi connectivity index (χ2n) is 4.76. The minimum atomic E-state index is -3.73. The van der Waals surface area contributed by atoms with E-state index in [0.29, 0.717) is 18.8 Å². The highest BCUT2D eigenvalue weighted by Gasteiger charge is 2.22. The van der Waals surface area contributed by atoms with Crippen molar-refractivity contribution in [2.45, 2.75) is 17.7 Å². The molecule has 0 amide bonds. The maximum Gasteiger partial charge on any atom is 0.243 e. The average Bonchev–Trinajstić information content (AvgIpc) is 2.79. The third-order valence-electron chi connectivity index (χ3n) is 3.21. The minimum Gasteiger partial charge on any atom is -0.399 e. The summed E-state index contributed by atoms with van der Waals surface area (Å²) in [5, 5.41) is 0.0624. The van der Waals surface area contributed by atoms with Gasteiger partial charge in [-0.3, -0.25) is 0 Å². The van der Waals surface area contributed by atoms with E-state index in [1.807, 2.05) is 0 Å². The number of hydrogen-bond donors (Lipinski definition) is 2. The topological polar surface area (TPSA) is 75.4 Å². The summed E-state index contributed by atoms with van der Waals surface area (Å²) in [5.74, 6) is 0. The normalized spacial score (nSPS) is 16.7. The number of anilines is 1. The summed E-state index contributed by atoms with van der Waals surface area (Å²) in [6, 6.07) is 2.75. The van der Waals surface area contributed by atoms with Crippen molar-refractivity contribution < 1.29 is 8.42 Å². The SMILES string of the molecule is Nc1cc(Cl)c(S(=O)(=O)NCCN2CCCC2)c(Cl)c1. The Morgan fingerprint density at radius 3 is 2.30 bits per heavy atom. The Labute approximate surface area is 129 Å². The first-order valence-electron chi connectivity index (χ1n) is 6.37. The van der Waals surface area contributed by atoms with Gasteiger partial charge in [-0.05, 0) is 38.1 Å². The summed E-state index contributed by atoms with van der Waals surface area (Å²) in [7, 11) is -3.73. The van der Waals surface area contributed by atoms with Gasteiger partial charge in [-0.1, -0.05) is 23.2 Å². The molecule has 1 aromatic rings. The van der Waals surface area contributed by atoms with Gasteiger partial charge in [0.1, 0.15) is 4.90 Å². The number of nitrogens with one attached hydrogen (secondary N) is 1. The van der Waals surface area contributed by atoms with E-state index in [4.69, 9.17) is 28.9 Å². The van der Waals surface area contributed by atoms with Gasteiger partial charge >= 0.3 is 0 Å². The van der Waals surface area contributed by atoms with E-state index in [9.17, 15) is 8.42 Å². The van der Waals surface area contributed by atoms with Gasteiger partial charge in [0, 0.05) is 18.8 Å². The van der Waals surface area contributed by atoms with Crippen LogP contribution < -0.4 is 10.5 Å². The molecule has 8 heteroatoms. The number of rotatable bonds is 5. The molecule has 112 valence electrons. The number of hydrogen-bond acceptors (Lipinski definition) is 4. The fraction of sp³-hybridized carbons (Fsp3) is 0.500. The van der Waals surface area contributed by atoms with Crippen molar-refractivity contribution in [3.8, 4) is 0 Å². The Hall–Kier alpha value is -0.530. The number of halogens is 2. The smallest absolute Gasteiger partial charge is 0.243 e. The molecule has 5 nitrogen and oxygen atoms in total. The molecule has 1 saturated heterocycles. The summed E-state index contributed by atoms with van der Waals surface area (Å²) in [5.41, 5.74) is 5.89. The van der Waals surface area contributed by atoms with Crippen LogP contribution in [-0.4, -0.2) is 39.5 Å². The molecule has 0 atom stereocenters. The summed E-state index contributed by atoms with van der Waals surface area (Å²) >= 11 is 11.9. The lowest BCUT2D eigenvalue weighted by molar-refractivity contribution is 0.344. The lowest BCUT2D eigenvalue weighted by Gasteiger charge is -2.15. The molecule has 1 aromatic carbocycles. The maximum absolute atomic E-state index is 12.2. The fourth-order valence-corrected chi connectivity index (χ4v) is 4.50. The van der Waals surface area contributed by atoms with Crippen LogP contribution in [-0.2, 0) is 10.0 Å². The zero-order chi connectivity index (χ0) is 14.8. The van der Waals surface area contributed by atoms with Gasteiger partial charge in [0.15, 0.2) is 0 Å². The van der Waals surface area contributed by atoms with Crippen molar-refractivity contribution in [1.82, 2.24) is 9.62 Å². The van der Waals surface area contributed by atoms with E-state index < -0.39 is 10.0 Å². The monoisotopic (exact) mass is 337 g/mol. The standard InChI is InChI=1S/C12H17Cl2N3O2S/c13-10-7-9(15)8-11(14)12(10)20(18,19)16-3-6-17-4-1-2-5-17/h7-8,16H,1-6,15H2. The van der Waals surface area contributed by atoms with E-state index in [1.54, 1.807) is 0 Å². The van der Waals surface area contributed by atoms with Gasteiger partial charge in [0.25, 0.3) is 0 Å². The Morgan fingerprint density at radius 1 is 1.20 bits per heavy atom. The zero-order valence-electron chi connectivity index (χ0n) is 10.9. The number of nitrogens with zero attached hydrogens (tertiary/aromatic N) is 1. The molecule has 3 N–H and O–H groups in total. The Balaban J connectivity index is 2.06. The molecular weight excluding hydrogens is 321 g/mol. The van der Waals surface area contributed by atoms with Crippen LogP contribution in [0.3, 0.4) is 0 Å². The third kappa shape index (κ3) is 3.77. The van der Waals surface area contributed by atoms with Crippen LogP contribution in [0.2, 0.25) is 10.0 Å². The minimum absolute atomic E-state index is 0.0312. The number of nitrogen functional groups attached to an aromatic ring is 1. The molecule has 1 aliphatic rings. The van der Waals surface area contributed by atoms with Crippen molar-refractivity contribution in [2.75, 3.05) is 31.9 Å². The Bertz CT molecular complexity index is 563. The number of benzene rings is 1. The summed E-state index contributed by atoms with van der Waals surface area (Å²) in [4.78, 5) is 2.10. The van der Waals surface area contributed by atoms with Gasteiger partial charge in [0.05, 0.1) is 10.0 Å². The van der Waals surface area contributed by atoms with Crippen LogP contribution in [0.25, 0.3) is 0 Å². The molecule has 1 heterocycles. The molecule has 0 bridgehead atoms. The van der Waals surface area contributed by atoms with Gasteiger partial charge in [-0.15, -0.1) is 0 Å².